The predicted molar refractivity (Wildman–Crippen MR) is 104 cm³/mol. The summed E-state index contributed by atoms with van der Waals surface area (Å²) in [4.78, 5) is 24.7. The Bertz CT molecular complexity index is 994. The first kappa shape index (κ1) is 21.6. The van der Waals surface area contributed by atoms with E-state index in [1.54, 1.807) is 18.7 Å². The topological polar surface area (TPSA) is 111 Å². The third-order valence-electron chi connectivity index (χ3n) is 4.28. The van der Waals surface area contributed by atoms with Gasteiger partial charge in [-0.25, -0.2) is 17.5 Å². The molecule has 1 heterocycles. The number of aromatic nitrogens is 2. The molecule has 1 N–H and O–H groups in total. The summed E-state index contributed by atoms with van der Waals surface area (Å²) >= 11 is 0. The SMILES string of the molecule is Cc1nn(C)c(C)c1NC(=O)[C@@H](C)OC(=O)c1ccc(S(=O)(=O)N(C)C)cc1. The largest absolute Gasteiger partial charge is 0.449 e. The fourth-order valence-corrected chi connectivity index (χ4v) is 3.34. The van der Waals surface area contributed by atoms with E-state index in [2.05, 4.69) is 10.4 Å². The molecule has 0 saturated carbocycles. The van der Waals surface area contributed by atoms with Gasteiger partial charge in [0.15, 0.2) is 6.10 Å². The summed E-state index contributed by atoms with van der Waals surface area (Å²) in [6, 6.07) is 5.33. The lowest BCUT2D eigenvalue weighted by Crippen LogP contribution is -2.30. The molecule has 1 amide bonds. The molecule has 0 bridgehead atoms. The molecule has 28 heavy (non-hydrogen) atoms. The summed E-state index contributed by atoms with van der Waals surface area (Å²) in [5.41, 5.74) is 2.16. The highest BCUT2D eigenvalue weighted by Crippen LogP contribution is 2.19. The second kappa shape index (κ2) is 8.11. The van der Waals surface area contributed by atoms with Crippen molar-refractivity contribution in [3.05, 3.63) is 41.2 Å². The van der Waals surface area contributed by atoms with Gasteiger partial charge in [0, 0.05) is 21.1 Å². The number of hydrogen-bond acceptors (Lipinski definition) is 6. The molecule has 0 aliphatic heterocycles. The zero-order valence-electron chi connectivity index (χ0n) is 16.7. The Balaban J connectivity index is 2.06. The van der Waals surface area contributed by atoms with Crippen LogP contribution in [0.2, 0.25) is 0 Å². The number of rotatable bonds is 6. The monoisotopic (exact) mass is 408 g/mol. The van der Waals surface area contributed by atoms with Gasteiger partial charge in [0.2, 0.25) is 10.0 Å². The van der Waals surface area contributed by atoms with Crippen molar-refractivity contribution in [2.45, 2.75) is 31.8 Å². The van der Waals surface area contributed by atoms with Crippen LogP contribution < -0.4 is 5.32 Å². The molecule has 2 aromatic rings. The van der Waals surface area contributed by atoms with Crippen LogP contribution in [0.5, 0.6) is 0 Å². The Hall–Kier alpha value is -2.72. The van der Waals surface area contributed by atoms with Crippen molar-refractivity contribution in [1.29, 1.82) is 0 Å². The van der Waals surface area contributed by atoms with Crippen LogP contribution in [0, 0.1) is 13.8 Å². The van der Waals surface area contributed by atoms with E-state index in [-0.39, 0.29) is 10.5 Å². The number of hydrogen-bond donors (Lipinski definition) is 1. The van der Waals surface area contributed by atoms with E-state index in [9.17, 15) is 18.0 Å². The maximum atomic E-state index is 12.3. The smallest absolute Gasteiger partial charge is 0.338 e. The van der Waals surface area contributed by atoms with E-state index in [4.69, 9.17) is 4.74 Å². The molecule has 0 aliphatic carbocycles. The van der Waals surface area contributed by atoms with Crippen LogP contribution in [0.3, 0.4) is 0 Å². The summed E-state index contributed by atoms with van der Waals surface area (Å²) < 4.78 is 32.0. The summed E-state index contributed by atoms with van der Waals surface area (Å²) in [5.74, 6) is -1.21. The molecule has 1 aromatic carbocycles. The van der Waals surface area contributed by atoms with Crippen molar-refractivity contribution in [3.63, 3.8) is 0 Å². The molecule has 0 radical (unpaired) electrons. The average Bonchev–Trinajstić information content (AvgIpc) is 2.87. The molecule has 9 nitrogen and oxygen atoms in total. The van der Waals surface area contributed by atoms with E-state index < -0.39 is 28.0 Å². The zero-order valence-corrected chi connectivity index (χ0v) is 17.5. The molecule has 1 aromatic heterocycles. The van der Waals surface area contributed by atoms with E-state index >= 15 is 0 Å². The molecular formula is C18H24N4O5S. The standard InChI is InChI=1S/C18H24N4O5S/c1-11-16(12(2)22(6)20-11)19-17(23)13(3)27-18(24)14-7-9-15(10-8-14)28(25,26)21(4)5/h7-10,13H,1-6H3,(H,19,23)/t13-/m1/s1. The Morgan fingerprint density at radius 1 is 1.18 bits per heavy atom. The van der Waals surface area contributed by atoms with Crippen molar-refractivity contribution in [2.24, 2.45) is 7.05 Å². The van der Waals surface area contributed by atoms with Crippen LogP contribution in [0.1, 0.15) is 28.7 Å². The van der Waals surface area contributed by atoms with Gasteiger partial charge in [0.1, 0.15) is 0 Å². The Labute approximate surface area is 164 Å². The minimum Gasteiger partial charge on any atom is -0.449 e. The Kier molecular flexibility index (Phi) is 6.25. The number of esters is 1. The van der Waals surface area contributed by atoms with Gasteiger partial charge >= 0.3 is 5.97 Å². The molecule has 0 fully saturated rings. The number of benzene rings is 1. The molecule has 0 saturated heterocycles. The highest BCUT2D eigenvalue weighted by molar-refractivity contribution is 7.89. The number of ether oxygens (including phenoxy) is 1. The van der Waals surface area contributed by atoms with Crippen molar-refractivity contribution >= 4 is 27.6 Å². The lowest BCUT2D eigenvalue weighted by molar-refractivity contribution is -0.123. The number of amides is 1. The van der Waals surface area contributed by atoms with Crippen molar-refractivity contribution in [2.75, 3.05) is 19.4 Å². The number of carbonyl (C=O) groups is 2. The summed E-state index contributed by atoms with van der Waals surface area (Å²) in [6.07, 6.45) is -1.04. The summed E-state index contributed by atoms with van der Waals surface area (Å²) in [6.45, 7) is 5.04. The molecule has 2 rings (SSSR count). The van der Waals surface area contributed by atoms with Crippen LogP contribution in [0.15, 0.2) is 29.2 Å². The summed E-state index contributed by atoms with van der Waals surface area (Å²) in [7, 11) is 1.02. The van der Waals surface area contributed by atoms with Crippen LogP contribution >= 0.6 is 0 Å². The van der Waals surface area contributed by atoms with Gasteiger partial charge in [-0.2, -0.15) is 5.10 Å². The number of nitrogens with zero attached hydrogens (tertiary/aromatic N) is 3. The number of nitrogens with one attached hydrogen (secondary N) is 1. The van der Waals surface area contributed by atoms with Gasteiger partial charge in [-0.05, 0) is 45.0 Å². The van der Waals surface area contributed by atoms with Crippen molar-refractivity contribution in [3.8, 4) is 0 Å². The van der Waals surface area contributed by atoms with Gasteiger partial charge < -0.3 is 10.1 Å². The van der Waals surface area contributed by atoms with Crippen LogP contribution in [-0.2, 0) is 26.6 Å². The lowest BCUT2D eigenvalue weighted by Gasteiger charge is -2.14. The second-order valence-electron chi connectivity index (χ2n) is 6.52. The van der Waals surface area contributed by atoms with E-state index in [1.165, 1.54) is 45.3 Å². The fraction of sp³-hybridized carbons (Fsp3) is 0.389. The third-order valence-corrected chi connectivity index (χ3v) is 6.11. The minimum atomic E-state index is -3.59. The highest BCUT2D eigenvalue weighted by atomic mass is 32.2. The summed E-state index contributed by atoms with van der Waals surface area (Å²) in [5, 5.41) is 6.93. The van der Waals surface area contributed by atoms with Gasteiger partial charge in [-0.15, -0.1) is 0 Å². The zero-order chi connectivity index (χ0) is 21.2. The first-order valence-corrected chi connectivity index (χ1v) is 9.93. The molecular weight excluding hydrogens is 384 g/mol. The third kappa shape index (κ3) is 4.39. The average molecular weight is 408 g/mol. The Morgan fingerprint density at radius 2 is 1.75 bits per heavy atom. The maximum Gasteiger partial charge on any atom is 0.338 e. The molecule has 10 heteroatoms. The molecule has 0 unspecified atom stereocenters. The molecule has 152 valence electrons. The van der Waals surface area contributed by atoms with E-state index in [0.29, 0.717) is 11.4 Å². The predicted octanol–water partition coefficient (Wildman–Crippen LogP) is 1.47. The fourth-order valence-electron chi connectivity index (χ4n) is 2.44. The maximum absolute atomic E-state index is 12.3. The first-order chi connectivity index (χ1) is 12.9. The van der Waals surface area contributed by atoms with Gasteiger partial charge in [0.25, 0.3) is 5.91 Å². The second-order valence-corrected chi connectivity index (χ2v) is 8.67. The van der Waals surface area contributed by atoms with Crippen LogP contribution in [0.4, 0.5) is 5.69 Å². The quantitative estimate of drug-likeness (QED) is 0.725. The van der Waals surface area contributed by atoms with Gasteiger partial charge in [-0.3, -0.25) is 9.48 Å². The number of carbonyl (C=O) groups excluding carboxylic acids is 2. The highest BCUT2D eigenvalue weighted by Gasteiger charge is 2.22. The van der Waals surface area contributed by atoms with Gasteiger partial charge in [-0.1, -0.05) is 0 Å². The van der Waals surface area contributed by atoms with Crippen LogP contribution in [-0.4, -0.2) is 54.6 Å². The number of anilines is 1. The number of sulfonamides is 1. The van der Waals surface area contributed by atoms with Crippen molar-refractivity contribution < 1.29 is 22.7 Å². The molecule has 0 aliphatic rings. The Morgan fingerprint density at radius 3 is 2.21 bits per heavy atom. The first-order valence-electron chi connectivity index (χ1n) is 8.49. The number of aryl methyl sites for hydroxylation is 2. The molecule has 0 spiro atoms. The van der Waals surface area contributed by atoms with E-state index in [0.717, 1.165) is 10.00 Å². The van der Waals surface area contributed by atoms with Crippen LogP contribution in [0.25, 0.3) is 0 Å². The molecule has 1 atom stereocenters. The van der Waals surface area contributed by atoms with E-state index in [1.807, 2.05) is 6.92 Å². The normalized spacial score (nSPS) is 12.7. The van der Waals surface area contributed by atoms with Crippen molar-refractivity contribution in [1.82, 2.24) is 14.1 Å². The van der Waals surface area contributed by atoms with Gasteiger partial charge in [0.05, 0.1) is 27.5 Å². The lowest BCUT2D eigenvalue weighted by atomic mass is 10.2. The minimum absolute atomic E-state index is 0.0577.